The maximum atomic E-state index is 12.8. The van der Waals surface area contributed by atoms with Crippen LogP contribution in [0.1, 0.15) is 5.56 Å². The molecule has 3 rings (SSSR count). The second-order valence-electron chi connectivity index (χ2n) is 6.76. The van der Waals surface area contributed by atoms with E-state index in [4.69, 9.17) is 4.74 Å². The summed E-state index contributed by atoms with van der Waals surface area (Å²) in [5.41, 5.74) is 1.00. The average Bonchev–Trinajstić information content (AvgIpc) is 2.73. The van der Waals surface area contributed by atoms with Crippen LogP contribution in [0.2, 0.25) is 0 Å². The number of hydrogen-bond donors (Lipinski definition) is 1. The zero-order valence-corrected chi connectivity index (χ0v) is 16.5. The number of benzene rings is 2. The van der Waals surface area contributed by atoms with Crippen LogP contribution in [0, 0.1) is 10.1 Å². The Bertz CT molecular complexity index is 923. The number of methoxy groups -OCH3 is 1. The van der Waals surface area contributed by atoms with E-state index in [0.29, 0.717) is 26.2 Å². The van der Waals surface area contributed by atoms with Crippen molar-refractivity contribution in [3.8, 4) is 5.75 Å². The lowest BCUT2D eigenvalue weighted by molar-refractivity contribution is -0.903. The zero-order chi connectivity index (χ0) is 20.1. The van der Waals surface area contributed by atoms with Gasteiger partial charge in [-0.05, 0) is 23.8 Å². The highest BCUT2D eigenvalue weighted by molar-refractivity contribution is 7.89. The fraction of sp³-hybridized carbons (Fsp3) is 0.368. The van der Waals surface area contributed by atoms with Crippen molar-refractivity contribution in [2.45, 2.75) is 11.3 Å². The van der Waals surface area contributed by atoms with Crippen molar-refractivity contribution in [2.24, 2.45) is 0 Å². The van der Waals surface area contributed by atoms with Gasteiger partial charge in [0, 0.05) is 18.6 Å². The summed E-state index contributed by atoms with van der Waals surface area (Å²) in [4.78, 5) is 11.7. The van der Waals surface area contributed by atoms with Crippen molar-refractivity contribution in [2.75, 3.05) is 39.8 Å². The number of nitro groups is 1. The van der Waals surface area contributed by atoms with Gasteiger partial charge >= 0.3 is 0 Å². The van der Waals surface area contributed by atoms with E-state index >= 15 is 0 Å². The minimum absolute atomic E-state index is 0.0246. The summed E-state index contributed by atoms with van der Waals surface area (Å²) >= 11 is 0. The number of non-ortho nitro benzene ring substituents is 1. The summed E-state index contributed by atoms with van der Waals surface area (Å²) in [7, 11) is -2.08. The number of hydrogen-bond acceptors (Lipinski definition) is 5. The summed E-state index contributed by atoms with van der Waals surface area (Å²) < 4.78 is 32.2. The minimum Gasteiger partial charge on any atom is -0.497 e. The molecule has 1 saturated heterocycles. The third kappa shape index (κ3) is 4.67. The number of nitro benzene ring substituents is 1. The molecule has 0 spiro atoms. The molecule has 9 heteroatoms. The molecule has 0 radical (unpaired) electrons. The Balaban J connectivity index is 1.56. The van der Waals surface area contributed by atoms with Crippen LogP contribution in [0.5, 0.6) is 5.75 Å². The quantitative estimate of drug-likeness (QED) is 0.541. The fourth-order valence-corrected chi connectivity index (χ4v) is 4.79. The average molecular weight is 406 g/mol. The summed E-state index contributed by atoms with van der Waals surface area (Å²) in [6.45, 7) is 3.16. The van der Waals surface area contributed by atoms with Gasteiger partial charge in [-0.2, -0.15) is 4.31 Å². The standard InChI is InChI=1S/C19H23N3O5S/c1-27-18-7-5-16(6-8-18)9-10-20-11-13-21(14-12-20)28(25,26)19-4-2-3-17(15-19)22(23)24/h2-8,15H,9-14H2,1H3/p+1. The van der Waals surface area contributed by atoms with Gasteiger partial charge in [-0.25, -0.2) is 8.42 Å². The molecule has 1 fully saturated rings. The monoisotopic (exact) mass is 406 g/mol. The molecule has 0 aliphatic carbocycles. The lowest BCUT2D eigenvalue weighted by atomic mass is 10.1. The van der Waals surface area contributed by atoms with Gasteiger partial charge in [-0.15, -0.1) is 0 Å². The van der Waals surface area contributed by atoms with Gasteiger partial charge in [0.2, 0.25) is 10.0 Å². The van der Waals surface area contributed by atoms with E-state index in [1.54, 1.807) is 7.11 Å². The molecule has 0 aromatic heterocycles. The van der Waals surface area contributed by atoms with Crippen LogP contribution < -0.4 is 9.64 Å². The summed E-state index contributed by atoms with van der Waals surface area (Å²) in [5, 5.41) is 10.9. The van der Waals surface area contributed by atoms with Crippen molar-refractivity contribution in [1.82, 2.24) is 4.31 Å². The van der Waals surface area contributed by atoms with Gasteiger partial charge in [0.15, 0.2) is 0 Å². The van der Waals surface area contributed by atoms with E-state index < -0.39 is 14.9 Å². The lowest BCUT2D eigenvalue weighted by Gasteiger charge is -2.31. The lowest BCUT2D eigenvalue weighted by Crippen LogP contribution is -3.15. The van der Waals surface area contributed by atoms with Crippen molar-refractivity contribution in [3.05, 3.63) is 64.2 Å². The minimum atomic E-state index is -3.71. The highest BCUT2D eigenvalue weighted by Gasteiger charge is 2.31. The molecule has 1 heterocycles. The Labute approximate surface area is 164 Å². The second-order valence-corrected chi connectivity index (χ2v) is 8.69. The predicted octanol–water partition coefficient (Wildman–Crippen LogP) is 0.735. The number of piperazine rings is 1. The van der Waals surface area contributed by atoms with Crippen LogP contribution in [0.25, 0.3) is 0 Å². The molecule has 0 amide bonds. The zero-order valence-electron chi connectivity index (χ0n) is 15.7. The van der Waals surface area contributed by atoms with Gasteiger partial charge in [0.05, 0.1) is 49.7 Å². The van der Waals surface area contributed by atoms with Crippen LogP contribution >= 0.6 is 0 Å². The van der Waals surface area contributed by atoms with E-state index in [9.17, 15) is 18.5 Å². The smallest absolute Gasteiger partial charge is 0.270 e. The Morgan fingerprint density at radius 2 is 1.82 bits per heavy atom. The van der Waals surface area contributed by atoms with Crippen molar-refractivity contribution < 1.29 is 23.0 Å². The molecule has 1 aliphatic rings. The topological polar surface area (TPSA) is 94.2 Å². The van der Waals surface area contributed by atoms with Crippen molar-refractivity contribution in [3.63, 3.8) is 0 Å². The van der Waals surface area contributed by atoms with Crippen molar-refractivity contribution in [1.29, 1.82) is 0 Å². The first-order valence-corrected chi connectivity index (χ1v) is 10.6. The fourth-order valence-electron chi connectivity index (χ4n) is 3.31. The molecular formula is C19H24N3O5S+. The molecule has 1 N–H and O–H groups in total. The van der Waals surface area contributed by atoms with E-state index in [-0.39, 0.29) is 10.6 Å². The van der Waals surface area contributed by atoms with Crippen LogP contribution in [0.15, 0.2) is 53.4 Å². The van der Waals surface area contributed by atoms with E-state index in [1.165, 1.54) is 33.0 Å². The first kappa shape index (κ1) is 20.2. The first-order valence-electron chi connectivity index (χ1n) is 9.11. The molecule has 2 aromatic rings. The highest BCUT2D eigenvalue weighted by Crippen LogP contribution is 2.21. The number of nitrogens with one attached hydrogen (secondary N) is 1. The molecule has 8 nitrogen and oxygen atoms in total. The summed E-state index contributed by atoms with van der Waals surface area (Å²) in [5.74, 6) is 0.830. The van der Waals surface area contributed by atoms with Crippen LogP contribution in [-0.2, 0) is 16.4 Å². The number of nitrogens with zero attached hydrogens (tertiary/aromatic N) is 2. The molecule has 1 aliphatic heterocycles. The van der Waals surface area contributed by atoms with Crippen LogP contribution in [0.3, 0.4) is 0 Å². The highest BCUT2D eigenvalue weighted by atomic mass is 32.2. The maximum Gasteiger partial charge on any atom is 0.270 e. The molecule has 2 aromatic carbocycles. The number of rotatable bonds is 7. The van der Waals surface area contributed by atoms with Crippen LogP contribution in [0.4, 0.5) is 5.69 Å². The molecule has 0 saturated carbocycles. The molecule has 0 bridgehead atoms. The van der Waals surface area contributed by atoms with E-state index in [0.717, 1.165) is 24.8 Å². The number of quaternary nitrogens is 1. The third-order valence-electron chi connectivity index (χ3n) is 5.02. The summed E-state index contributed by atoms with van der Waals surface area (Å²) in [6.07, 6.45) is 0.914. The van der Waals surface area contributed by atoms with Gasteiger partial charge in [0.25, 0.3) is 5.69 Å². The molecule has 150 valence electrons. The second kappa shape index (κ2) is 8.68. The molecule has 0 atom stereocenters. The largest absolute Gasteiger partial charge is 0.497 e. The molecule has 28 heavy (non-hydrogen) atoms. The predicted molar refractivity (Wildman–Crippen MR) is 104 cm³/mol. The Hall–Kier alpha value is -2.49. The first-order chi connectivity index (χ1) is 13.4. The Morgan fingerprint density at radius 3 is 2.43 bits per heavy atom. The van der Waals surface area contributed by atoms with Crippen molar-refractivity contribution >= 4 is 15.7 Å². The van der Waals surface area contributed by atoms with Gasteiger partial charge in [0.1, 0.15) is 5.75 Å². The van der Waals surface area contributed by atoms with E-state index in [1.807, 2.05) is 24.3 Å². The SMILES string of the molecule is COc1ccc(CC[NH+]2CCN(S(=O)(=O)c3cccc([N+](=O)[O-])c3)CC2)cc1. The molecular weight excluding hydrogens is 382 g/mol. The van der Waals surface area contributed by atoms with Gasteiger partial charge in [-0.1, -0.05) is 18.2 Å². The van der Waals surface area contributed by atoms with Crippen LogP contribution in [-0.4, -0.2) is 57.5 Å². The molecule has 0 unspecified atom stereocenters. The Morgan fingerprint density at radius 1 is 1.14 bits per heavy atom. The van der Waals surface area contributed by atoms with Gasteiger partial charge in [-0.3, -0.25) is 10.1 Å². The summed E-state index contributed by atoms with van der Waals surface area (Å²) in [6, 6.07) is 13.2. The normalized spacial score (nSPS) is 16.0. The maximum absolute atomic E-state index is 12.8. The van der Waals surface area contributed by atoms with E-state index in [2.05, 4.69) is 0 Å². The number of sulfonamides is 1. The Kier molecular flexibility index (Phi) is 6.28. The number of ether oxygens (including phenoxy) is 1. The van der Waals surface area contributed by atoms with Gasteiger partial charge < -0.3 is 9.64 Å². The third-order valence-corrected chi connectivity index (χ3v) is 6.92.